The normalized spacial score (nSPS) is 22.1. The second kappa shape index (κ2) is 3.93. The second-order valence-electron chi connectivity index (χ2n) is 4.49. The first-order chi connectivity index (χ1) is 7.08. The number of nitrogens with zero attached hydrogens (tertiary/aromatic N) is 1. The van der Waals surface area contributed by atoms with Crippen molar-refractivity contribution >= 4 is 0 Å². The summed E-state index contributed by atoms with van der Waals surface area (Å²) in [5.74, 6) is 0. The highest BCUT2D eigenvalue weighted by Gasteiger charge is 2.32. The second-order valence-corrected chi connectivity index (χ2v) is 4.49. The Balaban J connectivity index is 2.00. The zero-order valence-electron chi connectivity index (χ0n) is 8.93. The summed E-state index contributed by atoms with van der Waals surface area (Å²) in [5, 5.41) is 19.4. The van der Waals surface area contributed by atoms with Gasteiger partial charge in [-0.05, 0) is 12.5 Å². The summed E-state index contributed by atoms with van der Waals surface area (Å²) in [4.78, 5) is 2.05. The molecule has 15 heavy (non-hydrogen) atoms. The van der Waals surface area contributed by atoms with Gasteiger partial charge in [0.1, 0.15) is 0 Å². The summed E-state index contributed by atoms with van der Waals surface area (Å²) in [7, 11) is 0. The first kappa shape index (κ1) is 10.6. The molecule has 82 valence electrons. The van der Waals surface area contributed by atoms with E-state index in [1.54, 1.807) is 0 Å². The molecule has 0 amide bonds. The molecule has 1 aliphatic heterocycles. The van der Waals surface area contributed by atoms with Crippen molar-refractivity contribution in [2.45, 2.75) is 18.6 Å². The van der Waals surface area contributed by atoms with Gasteiger partial charge in [0.05, 0.1) is 11.7 Å². The molecular formula is C12H17NO2. The zero-order valence-corrected chi connectivity index (χ0v) is 8.93. The molecule has 0 radical (unpaired) electrons. The quantitative estimate of drug-likeness (QED) is 0.761. The topological polar surface area (TPSA) is 43.7 Å². The molecule has 1 aromatic carbocycles. The predicted molar refractivity (Wildman–Crippen MR) is 58.5 cm³/mol. The van der Waals surface area contributed by atoms with Crippen LogP contribution in [0.3, 0.4) is 0 Å². The van der Waals surface area contributed by atoms with E-state index in [-0.39, 0.29) is 6.10 Å². The number of aliphatic hydroxyl groups excluding tert-OH is 1. The lowest BCUT2D eigenvalue weighted by atomic mass is 9.94. The van der Waals surface area contributed by atoms with Gasteiger partial charge in [-0.2, -0.15) is 0 Å². The lowest BCUT2D eigenvalue weighted by molar-refractivity contribution is -0.0559. The van der Waals surface area contributed by atoms with Crippen LogP contribution in [-0.2, 0) is 5.60 Å². The molecule has 2 rings (SSSR count). The van der Waals surface area contributed by atoms with Gasteiger partial charge in [-0.1, -0.05) is 30.3 Å². The Kier molecular flexibility index (Phi) is 2.78. The molecule has 0 aromatic heterocycles. The Morgan fingerprint density at radius 3 is 2.47 bits per heavy atom. The van der Waals surface area contributed by atoms with Crippen LogP contribution in [0.4, 0.5) is 0 Å². The molecule has 1 heterocycles. The van der Waals surface area contributed by atoms with E-state index in [0.29, 0.717) is 19.6 Å². The predicted octanol–water partition coefficient (Wildman–Crippen LogP) is 0.571. The lowest BCUT2D eigenvalue weighted by Gasteiger charge is -2.40. The van der Waals surface area contributed by atoms with Crippen LogP contribution in [0.1, 0.15) is 12.5 Å². The number of β-amino-alcohol motifs (C(OH)–C–C–N with tert-alkyl or cyclic N) is 2. The number of rotatable bonds is 3. The average molecular weight is 207 g/mol. The molecule has 0 saturated carbocycles. The van der Waals surface area contributed by atoms with E-state index in [1.807, 2.05) is 37.3 Å². The molecule has 1 aliphatic rings. The van der Waals surface area contributed by atoms with Crippen LogP contribution in [0.25, 0.3) is 0 Å². The van der Waals surface area contributed by atoms with Crippen molar-refractivity contribution in [3.8, 4) is 0 Å². The van der Waals surface area contributed by atoms with Crippen LogP contribution in [0.15, 0.2) is 30.3 Å². The molecule has 1 fully saturated rings. The molecule has 0 bridgehead atoms. The van der Waals surface area contributed by atoms with Crippen LogP contribution in [0.5, 0.6) is 0 Å². The van der Waals surface area contributed by atoms with Gasteiger partial charge in [-0.25, -0.2) is 0 Å². The van der Waals surface area contributed by atoms with Crippen molar-refractivity contribution in [1.82, 2.24) is 4.90 Å². The van der Waals surface area contributed by atoms with Gasteiger partial charge < -0.3 is 10.2 Å². The van der Waals surface area contributed by atoms with Crippen molar-refractivity contribution in [1.29, 1.82) is 0 Å². The Labute approximate surface area is 90.0 Å². The molecule has 3 nitrogen and oxygen atoms in total. The Hall–Kier alpha value is -0.900. The molecule has 0 spiro atoms. The van der Waals surface area contributed by atoms with E-state index in [0.717, 1.165) is 5.56 Å². The van der Waals surface area contributed by atoms with Gasteiger partial charge in [0.2, 0.25) is 0 Å². The smallest absolute Gasteiger partial charge is 0.0994 e. The molecule has 2 N–H and O–H groups in total. The SMILES string of the molecule is CC(O)(CN1CC(O)C1)c1ccccc1. The summed E-state index contributed by atoms with van der Waals surface area (Å²) in [6.07, 6.45) is -0.212. The first-order valence-corrected chi connectivity index (χ1v) is 5.26. The van der Waals surface area contributed by atoms with Gasteiger partial charge in [0.15, 0.2) is 0 Å². The Morgan fingerprint density at radius 2 is 1.93 bits per heavy atom. The monoisotopic (exact) mass is 207 g/mol. The van der Waals surface area contributed by atoms with Crippen molar-refractivity contribution in [3.63, 3.8) is 0 Å². The summed E-state index contributed by atoms with van der Waals surface area (Å²) in [6.45, 7) is 3.73. The maximum absolute atomic E-state index is 10.3. The van der Waals surface area contributed by atoms with E-state index in [1.165, 1.54) is 0 Å². The van der Waals surface area contributed by atoms with E-state index >= 15 is 0 Å². The lowest BCUT2D eigenvalue weighted by Crippen LogP contribution is -2.54. The molecule has 1 saturated heterocycles. The van der Waals surface area contributed by atoms with Crippen molar-refractivity contribution in [3.05, 3.63) is 35.9 Å². The summed E-state index contributed by atoms with van der Waals surface area (Å²) in [5.41, 5.74) is 0.0906. The van der Waals surface area contributed by atoms with Crippen LogP contribution >= 0.6 is 0 Å². The number of likely N-dealkylation sites (tertiary alicyclic amines) is 1. The molecular weight excluding hydrogens is 190 g/mol. The first-order valence-electron chi connectivity index (χ1n) is 5.26. The maximum atomic E-state index is 10.3. The molecule has 1 atom stereocenters. The minimum Gasteiger partial charge on any atom is -0.390 e. The van der Waals surface area contributed by atoms with Crippen molar-refractivity contribution in [2.24, 2.45) is 0 Å². The fourth-order valence-electron chi connectivity index (χ4n) is 2.00. The third-order valence-corrected chi connectivity index (χ3v) is 2.87. The minimum atomic E-state index is -0.832. The number of benzene rings is 1. The highest BCUT2D eigenvalue weighted by molar-refractivity contribution is 5.22. The Bertz CT molecular complexity index is 318. The van der Waals surface area contributed by atoms with E-state index in [2.05, 4.69) is 4.90 Å². The average Bonchev–Trinajstić information content (AvgIpc) is 2.17. The van der Waals surface area contributed by atoms with E-state index < -0.39 is 5.60 Å². The number of aliphatic hydroxyl groups is 2. The van der Waals surface area contributed by atoms with Gasteiger partial charge in [0, 0.05) is 19.6 Å². The fourth-order valence-corrected chi connectivity index (χ4v) is 2.00. The third kappa shape index (κ3) is 2.37. The molecule has 1 aromatic rings. The maximum Gasteiger partial charge on any atom is 0.0994 e. The fraction of sp³-hybridized carbons (Fsp3) is 0.500. The van der Waals surface area contributed by atoms with Crippen LogP contribution in [-0.4, -0.2) is 40.9 Å². The molecule has 1 unspecified atom stereocenters. The summed E-state index contributed by atoms with van der Waals surface area (Å²) in [6, 6.07) is 9.64. The minimum absolute atomic E-state index is 0.212. The van der Waals surface area contributed by atoms with Gasteiger partial charge >= 0.3 is 0 Å². The van der Waals surface area contributed by atoms with Crippen LogP contribution in [0, 0.1) is 0 Å². The number of hydrogen-bond acceptors (Lipinski definition) is 3. The largest absolute Gasteiger partial charge is 0.390 e. The Morgan fingerprint density at radius 1 is 1.33 bits per heavy atom. The van der Waals surface area contributed by atoms with Crippen molar-refractivity contribution < 1.29 is 10.2 Å². The molecule has 3 heteroatoms. The molecule has 0 aliphatic carbocycles. The van der Waals surface area contributed by atoms with Crippen molar-refractivity contribution in [2.75, 3.05) is 19.6 Å². The highest BCUT2D eigenvalue weighted by Crippen LogP contribution is 2.23. The zero-order chi connectivity index (χ0) is 10.9. The summed E-state index contributed by atoms with van der Waals surface area (Å²) >= 11 is 0. The third-order valence-electron chi connectivity index (χ3n) is 2.87. The van der Waals surface area contributed by atoms with Gasteiger partial charge in [0.25, 0.3) is 0 Å². The van der Waals surface area contributed by atoms with Gasteiger partial charge in [-0.3, -0.25) is 4.90 Å². The van der Waals surface area contributed by atoms with E-state index in [9.17, 15) is 5.11 Å². The highest BCUT2D eigenvalue weighted by atomic mass is 16.3. The van der Waals surface area contributed by atoms with Crippen LogP contribution in [0.2, 0.25) is 0 Å². The standard InChI is InChI=1S/C12H17NO2/c1-12(15,9-13-7-11(14)8-13)10-5-3-2-4-6-10/h2-6,11,14-15H,7-9H2,1H3. The van der Waals surface area contributed by atoms with Gasteiger partial charge in [-0.15, -0.1) is 0 Å². The summed E-state index contributed by atoms with van der Waals surface area (Å²) < 4.78 is 0. The van der Waals surface area contributed by atoms with E-state index in [4.69, 9.17) is 5.11 Å². The van der Waals surface area contributed by atoms with Crippen LogP contribution < -0.4 is 0 Å². The number of hydrogen-bond donors (Lipinski definition) is 2.